The summed E-state index contributed by atoms with van der Waals surface area (Å²) in [6, 6.07) is 4.23. The number of amidine groups is 1. The van der Waals surface area contributed by atoms with Crippen molar-refractivity contribution in [3.63, 3.8) is 0 Å². The maximum Gasteiger partial charge on any atom is 0.272 e. The van der Waals surface area contributed by atoms with Crippen LogP contribution in [-0.2, 0) is 0 Å². The molecular formula is C10H6BrN5O2S. The first-order valence-electron chi connectivity index (χ1n) is 4.69. The number of nitriles is 2. The monoisotopic (exact) mass is 339 g/mol. The minimum Gasteiger partial charge on any atom is -0.271 e. The zero-order valence-electron chi connectivity index (χ0n) is 9.55. The molecule has 0 aliphatic heterocycles. The van der Waals surface area contributed by atoms with Gasteiger partial charge in [-0.05, 0) is 22.2 Å². The summed E-state index contributed by atoms with van der Waals surface area (Å²) in [5.41, 5.74) is 0.0777. The summed E-state index contributed by atoms with van der Waals surface area (Å²) in [7, 11) is 0. The van der Waals surface area contributed by atoms with Gasteiger partial charge in [0.1, 0.15) is 6.07 Å². The summed E-state index contributed by atoms with van der Waals surface area (Å²) in [4.78, 5) is 14.2. The Morgan fingerprint density at radius 1 is 1.58 bits per heavy atom. The summed E-state index contributed by atoms with van der Waals surface area (Å²) in [6.07, 6.45) is 3.42. The molecule has 0 aromatic heterocycles. The van der Waals surface area contributed by atoms with Crippen LogP contribution >= 0.6 is 27.7 Å². The molecule has 0 radical (unpaired) electrons. The highest BCUT2D eigenvalue weighted by Crippen LogP contribution is 2.34. The number of nitrogens with zero attached hydrogens (tertiary/aromatic N) is 4. The van der Waals surface area contributed by atoms with Gasteiger partial charge in [0, 0.05) is 12.1 Å². The van der Waals surface area contributed by atoms with Crippen molar-refractivity contribution in [1.29, 1.82) is 10.5 Å². The molecular weight excluding hydrogens is 334 g/mol. The van der Waals surface area contributed by atoms with E-state index in [0.29, 0.717) is 4.47 Å². The van der Waals surface area contributed by atoms with Crippen LogP contribution in [0.25, 0.3) is 0 Å². The van der Waals surface area contributed by atoms with Crippen LogP contribution in [0.15, 0.2) is 21.6 Å². The van der Waals surface area contributed by atoms with Crippen LogP contribution in [0.2, 0.25) is 0 Å². The molecule has 0 bridgehead atoms. The summed E-state index contributed by atoms with van der Waals surface area (Å²) in [5, 5.41) is 30.9. The third kappa shape index (κ3) is 3.68. The fraction of sp³-hybridized carbons (Fsp3) is 0.100. The van der Waals surface area contributed by atoms with Gasteiger partial charge in [0.25, 0.3) is 5.69 Å². The molecule has 0 fully saturated rings. The zero-order valence-corrected chi connectivity index (χ0v) is 11.9. The maximum absolute atomic E-state index is 10.7. The van der Waals surface area contributed by atoms with Gasteiger partial charge in [-0.3, -0.25) is 15.4 Å². The lowest BCUT2D eigenvalue weighted by Gasteiger charge is -2.04. The Kier molecular flexibility index (Phi) is 5.30. The average molecular weight is 340 g/mol. The minimum absolute atomic E-state index is 0.0485. The van der Waals surface area contributed by atoms with E-state index in [9.17, 15) is 10.1 Å². The maximum atomic E-state index is 10.7. The third-order valence-corrected chi connectivity index (χ3v) is 3.13. The zero-order chi connectivity index (χ0) is 14.4. The lowest BCUT2D eigenvalue weighted by atomic mass is 10.2. The largest absolute Gasteiger partial charge is 0.272 e. The minimum atomic E-state index is -0.595. The Hall–Kier alpha value is -2.10. The van der Waals surface area contributed by atoms with E-state index in [2.05, 4.69) is 26.2 Å². The molecule has 0 spiro atoms. The van der Waals surface area contributed by atoms with Crippen LogP contribution in [-0.4, -0.2) is 16.3 Å². The molecule has 0 atom stereocenters. The second-order valence-corrected chi connectivity index (χ2v) is 4.70. The van der Waals surface area contributed by atoms with E-state index in [1.165, 1.54) is 17.8 Å². The van der Waals surface area contributed by atoms with Crippen molar-refractivity contribution in [1.82, 2.24) is 5.32 Å². The Bertz CT molecular complexity index is 632. The highest BCUT2D eigenvalue weighted by molar-refractivity contribution is 9.10. The lowest BCUT2D eigenvalue weighted by Crippen LogP contribution is -2.12. The molecule has 0 aliphatic rings. The van der Waals surface area contributed by atoms with E-state index in [-0.39, 0.29) is 22.1 Å². The van der Waals surface area contributed by atoms with Gasteiger partial charge in [-0.1, -0.05) is 11.8 Å². The van der Waals surface area contributed by atoms with Crippen molar-refractivity contribution < 1.29 is 4.92 Å². The SMILES string of the molecule is CSC(=Nc1c(Br)cc([N+](=O)[O-])cc1C#N)NC#N. The van der Waals surface area contributed by atoms with E-state index in [1.807, 2.05) is 6.07 Å². The van der Waals surface area contributed by atoms with Crippen molar-refractivity contribution in [3.8, 4) is 12.3 Å². The molecule has 19 heavy (non-hydrogen) atoms. The van der Waals surface area contributed by atoms with Gasteiger partial charge in [0.15, 0.2) is 11.4 Å². The number of benzene rings is 1. The smallest absolute Gasteiger partial charge is 0.271 e. The summed E-state index contributed by atoms with van der Waals surface area (Å²) in [6.45, 7) is 0. The van der Waals surface area contributed by atoms with E-state index >= 15 is 0 Å². The number of non-ortho nitro benzene ring substituents is 1. The Labute approximate surface area is 121 Å². The molecule has 0 amide bonds. The first kappa shape index (κ1) is 15.0. The van der Waals surface area contributed by atoms with Crippen molar-refractivity contribution in [2.75, 3.05) is 6.26 Å². The van der Waals surface area contributed by atoms with Gasteiger partial charge in [-0.15, -0.1) is 0 Å². The van der Waals surface area contributed by atoms with Crippen molar-refractivity contribution in [3.05, 3.63) is 32.3 Å². The lowest BCUT2D eigenvalue weighted by molar-refractivity contribution is -0.384. The Morgan fingerprint density at radius 3 is 2.74 bits per heavy atom. The Balaban J connectivity index is 3.41. The third-order valence-electron chi connectivity index (χ3n) is 1.95. The van der Waals surface area contributed by atoms with E-state index in [1.54, 1.807) is 12.4 Å². The van der Waals surface area contributed by atoms with Gasteiger partial charge in [0.05, 0.1) is 20.6 Å². The highest BCUT2D eigenvalue weighted by Gasteiger charge is 2.15. The number of hydrogen-bond acceptors (Lipinski definition) is 6. The molecule has 1 rings (SSSR count). The number of thioether (sulfide) groups is 1. The van der Waals surface area contributed by atoms with Crippen molar-refractivity contribution in [2.45, 2.75) is 0 Å². The molecule has 0 unspecified atom stereocenters. The number of hydrogen-bond donors (Lipinski definition) is 1. The average Bonchev–Trinajstić information content (AvgIpc) is 2.39. The fourth-order valence-electron chi connectivity index (χ4n) is 1.16. The molecule has 9 heteroatoms. The second kappa shape index (κ2) is 6.73. The number of rotatable bonds is 2. The number of nitro groups is 1. The predicted octanol–water partition coefficient (Wildman–Crippen LogP) is 2.65. The van der Waals surface area contributed by atoms with Crippen LogP contribution in [0.4, 0.5) is 11.4 Å². The first-order chi connectivity index (χ1) is 9.03. The molecule has 0 aliphatic carbocycles. The van der Waals surface area contributed by atoms with Gasteiger partial charge < -0.3 is 0 Å². The number of nitro benzene ring substituents is 1. The van der Waals surface area contributed by atoms with Gasteiger partial charge in [0.2, 0.25) is 0 Å². The molecule has 0 heterocycles. The normalized spacial score (nSPS) is 10.4. The van der Waals surface area contributed by atoms with Gasteiger partial charge >= 0.3 is 0 Å². The quantitative estimate of drug-likeness (QED) is 0.221. The van der Waals surface area contributed by atoms with Gasteiger partial charge in [-0.25, -0.2) is 4.99 Å². The summed E-state index contributed by atoms with van der Waals surface area (Å²) >= 11 is 4.31. The Morgan fingerprint density at radius 2 is 2.26 bits per heavy atom. The number of nitrogens with one attached hydrogen (secondary N) is 1. The van der Waals surface area contributed by atoms with Crippen molar-refractivity contribution >= 4 is 44.2 Å². The molecule has 1 aromatic rings. The van der Waals surface area contributed by atoms with E-state index in [4.69, 9.17) is 10.5 Å². The second-order valence-electron chi connectivity index (χ2n) is 3.05. The van der Waals surface area contributed by atoms with Crippen LogP contribution in [0.5, 0.6) is 0 Å². The molecule has 0 saturated heterocycles. The van der Waals surface area contributed by atoms with Crippen LogP contribution in [0, 0.1) is 32.9 Å². The van der Waals surface area contributed by atoms with Gasteiger partial charge in [-0.2, -0.15) is 10.5 Å². The molecule has 7 nitrogen and oxygen atoms in total. The highest BCUT2D eigenvalue weighted by atomic mass is 79.9. The first-order valence-corrected chi connectivity index (χ1v) is 6.71. The summed E-state index contributed by atoms with van der Waals surface area (Å²) < 4.78 is 0.310. The topological polar surface area (TPSA) is 115 Å². The standard InChI is InChI=1S/C10H6BrN5O2S/c1-19-10(14-5-13)15-9-6(4-12)2-7(16(17)18)3-8(9)11/h2-3H,1H3,(H,14,15). The molecule has 0 saturated carbocycles. The molecule has 1 aromatic carbocycles. The van der Waals surface area contributed by atoms with Crippen LogP contribution in [0.3, 0.4) is 0 Å². The number of halogens is 1. The van der Waals surface area contributed by atoms with Crippen LogP contribution < -0.4 is 5.32 Å². The van der Waals surface area contributed by atoms with E-state index < -0.39 is 4.92 Å². The van der Waals surface area contributed by atoms with E-state index in [0.717, 1.165) is 6.07 Å². The van der Waals surface area contributed by atoms with Crippen LogP contribution in [0.1, 0.15) is 5.56 Å². The summed E-state index contributed by atoms with van der Waals surface area (Å²) in [5.74, 6) is 0. The molecule has 1 N–H and O–H groups in total. The molecule has 96 valence electrons. The number of aliphatic imine (C=N–C) groups is 1. The fourth-order valence-corrected chi connectivity index (χ4v) is 2.03. The van der Waals surface area contributed by atoms with Crippen molar-refractivity contribution in [2.24, 2.45) is 4.99 Å². The predicted molar refractivity (Wildman–Crippen MR) is 74.9 cm³/mol.